The minimum atomic E-state index is -3.72. The third-order valence-electron chi connectivity index (χ3n) is 2.87. The maximum Gasteiger partial charge on any atom is 0.258 e. The van der Waals surface area contributed by atoms with Crippen LogP contribution in [0.2, 0.25) is 0 Å². The van der Waals surface area contributed by atoms with Crippen LogP contribution in [0.1, 0.15) is 18.1 Å². The summed E-state index contributed by atoms with van der Waals surface area (Å²) in [5.74, 6) is -0.402. The fourth-order valence-electron chi connectivity index (χ4n) is 1.81. The smallest absolute Gasteiger partial charge is 0.258 e. The first-order valence-electron chi connectivity index (χ1n) is 6.50. The number of hydrogen-bond donors (Lipinski definition) is 3. The molecule has 0 saturated carbocycles. The Labute approximate surface area is 122 Å². The molecule has 1 heterocycles. The number of H-pyrrole nitrogens is 1. The molecule has 0 radical (unpaired) electrons. The first-order valence-corrected chi connectivity index (χ1v) is 7.98. The van der Waals surface area contributed by atoms with Gasteiger partial charge in [-0.25, -0.2) is 17.5 Å². The van der Waals surface area contributed by atoms with Gasteiger partial charge in [0.15, 0.2) is 5.03 Å². The number of rotatable bonds is 7. The Balaban J connectivity index is 2.10. The minimum absolute atomic E-state index is 0.0137. The van der Waals surface area contributed by atoms with Crippen molar-refractivity contribution in [1.29, 1.82) is 0 Å². The maximum atomic E-state index is 13.1. The van der Waals surface area contributed by atoms with Crippen LogP contribution in [0.4, 0.5) is 4.39 Å². The highest BCUT2D eigenvalue weighted by Gasteiger charge is 2.20. The number of nitrogens with zero attached hydrogens (tertiary/aromatic N) is 1. The Morgan fingerprint density at radius 1 is 1.33 bits per heavy atom. The topological polar surface area (TPSA) is 86.9 Å². The average molecular weight is 312 g/mol. The first kappa shape index (κ1) is 15.6. The molecule has 0 aliphatic rings. The number of aromatic nitrogens is 2. The number of halogens is 1. The van der Waals surface area contributed by atoms with E-state index in [0.29, 0.717) is 17.7 Å². The van der Waals surface area contributed by atoms with Crippen molar-refractivity contribution in [1.82, 2.24) is 20.2 Å². The molecule has 0 unspecified atom stereocenters. The molecular formula is C13H17FN4O2S. The molecule has 0 bridgehead atoms. The molecule has 3 N–H and O–H groups in total. The zero-order valence-corrected chi connectivity index (χ0v) is 12.4. The van der Waals surface area contributed by atoms with Crippen molar-refractivity contribution in [3.05, 3.63) is 47.4 Å². The molecule has 2 aromatic rings. The Morgan fingerprint density at radius 3 is 2.86 bits per heavy atom. The zero-order valence-electron chi connectivity index (χ0n) is 11.6. The standard InChI is InChI=1S/C13H17FN4O2S/c1-2-15-8-11-9-16-18-13(11)21(19,20)17-7-10-4-3-5-12(14)6-10/h3-6,9,15,17H,2,7-8H2,1H3,(H,16,18). The molecule has 2 rings (SSSR count). The molecule has 0 aliphatic carbocycles. The normalized spacial score (nSPS) is 11.7. The molecule has 1 aromatic heterocycles. The van der Waals surface area contributed by atoms with Gasteiger partial charge in [-0.15, -0.1) is 0 Å². The molecule has 114 valence electrons. The third kappa shape index (κ3) is 4.10. The number of hydrogen-bond acceptors (Lipinski definition) is 4. The number of benzene rings is 1. The summed E-state index contributed by atoms with van der Waals surface area (Å²) in [4.78, 5) is 0. The van der Waals surface area contributed by atoms with E-state index in [9.17, 15) is 12.8 Å². The quantitative estimate of drug-likeness (QED) is 0.715. The van der Waals surface area contributed by atoms with Crippen LogP contribution in [-0.4, -0.2) is 25.2 Å². The molecule has 0 spiro atoms. The third-order valence-corrected chi connectivity index (χ3v) is 4.28. The van der Waals surface area contributed by atoms with Gasteiger partial charge in [-0.3, -0.25) is 5.10 Å². The second kappa shape index (κ2) is 6.79. The minimum Gasteiger partial charge on any atom is -0.313 e. The molecule has 0 saturated heterocycles. The lowest BCUT2D eigenvalue weighted by atomic mass is 10.2. The summed E-state index contributed by atoms with van der Waals surface area (Å²) in [6.07, 6.45) is 1.47. The van der Waals surface area contributed by atoms with Crippen molar-refractivity contribution in [3.63, 3.8) is 0 Å². The van der Waals surface area contributed by atoms with Gasteiger partial charge in [-0.05, 0) is 24.2 Å². The van der Waals surface area contributed by atoms with Crippen LogP contribution >= 0.6 is 0 Å². The molecule has 6 nitrogen and oxygen atoms in total. The second-order valence-electron chi connectivity index (χ2n) is 4.46. The van der Waals surface area contributed by atoms with Gasteiger partial charge in [0.2, 0.25) is 0 Å². The van der Waals surface area contributed by atoms with Crippen LogP contribution in [0.3, 0.4) is 0 Å². The fraction of sp³-hybridized carbons (Fsp3) is 0.308. The molecule has 0 fully saturated rings. The monoisotopic (exact) mass is 312 g/mol. The molecule has 1 aromatic carbocycles. The lowest BCUT2D eigenvalue weighted by Gasteiger charge is -2.07. The Bertz CT molecular complexity index is 700. The average Bonchev–Trinajstić information content (AvgIpc) is 2.92. The van der Waals surface area contributed by atoms with Gasteiger partial charge in [-0.2, -0.15) is 5.10 Å². The number of aromatic amines is 1. The van der Waals surface area contributed by atoms with Crippen LogP contribution in [-0.2, 0) is 23.1 Å². The van der Waals surface area contributed by atoms with Crippen LogP contribution in [0.15, 0.2) is 35.5 Å². The van der Waals surface area contributed by atoms with E-state index in [2.05, 4.69) is 20.2 Å². The van der Waals surface area contributed by atoms with E-state index in [1.807, 2.05) is 6.92 Å². The predicted octanol–water partition coefficient (Wildman–Crippen LogP) is 1.14. The van der Waals surface area contributed by atoms with Crippen LogP contribution in [0.5, 0.6) is 0 Å². The van der Waals surface area contributed by atoms with Crippen molar-refractivity contribution >= 4 is 10.0 Å². The van der Waals surface area contributed by atoms with E-state index in [0.717, 1.165) is 6.54 Å². The van der Waals surface area contributed by atoms with Crippen molar-refractivity contribution < 1.29 is 12.8 Å². The SMILES string of the molecule is CCNCc1cn[nH]c1S(=O)(=O)NCc1cccc(F)c1. The summed E-state index contributed by atoms with van der Waals surface area (Å²) in [7, 11) is -3.72. The summed E-state index contributed by atoms with van der Waals surface area (Å²) in [6.45, 7) is 3.07. The first-order chi connectivity index (χ1) is 10.0. The largest absolute Gasteiger partial charge is 0.313 e. The van der Waals surface area contributed by atoms with Gasteiger partial charge in [0.1, 0.15) is 5.82 Å². The van der Waals surface area contributed by atoms with Crippen molar-refractivity contribution in [2.75, 3.05) is 6.54 Å². The van der Waals surface area contributed by atoms with Crippen molar-refractivity contribution in [2.24, 2.45) is 0 Å². The van der Waals surface area contributed by atoms with E-state index in [-0.39, 0.29) is 11.6 Å². The number of nitrogens with one attached hydrogen (secondary N) is 3. The van der Waals surface area contributed by atoms with E-state index in [4.69, 9.17) is 0 Å². The Hall–Kier alpha value is -1.77. The van der Waals surface area contributed by atoms with E-state index >= 15 is 0 Å². The summed E-state index contributed by atoms with van der Waals surface area (Å²) < 4.78 is 40.0. The summed E-state index contributed by atoms with van der Waals surface area (Å²) in [6, 6.07) is 5.78. The lowest BCUT2D eigenvalue weighted by molar-refractivity contribution is 0.573. The van der Waals surface area contributed by atoms with Crippen LogP contribution < -0.4 is 10.0 Å². The van der Waals surface area contributed by atoms with Crippen molar-refractivity contribution in [3.8, 4) is 0 Å². The number of sulfonamides is 1. The Morgan fingerprint density at radius 2 is 2.14 bits per heavy atom. The lowest BCUT2D eigenvalue weighted by Crippen LogP contribution is -2.25. The molecule has 8 heteroatoms. The van der Waals surface area contributed by atoms with Crippen molar-refractivity contribution in [2.45, 2.75) is 25.0 Å². The highest BCUT2D eigenvalue weighted by Crippen LogP contribution is 2.12. The van der Waals surface area contributed by atoms with Crippen LogP contribution in [0, 0.1) is 5.82 Å². The van der Waals surface area contributed by atoms with Gasteiger partial charge < -0.3 is 5.32 Å². The summed E-state index contributed by atoms with van der Waals surface area (Å²) in [5.41, 5.74) is 1.11. The van der Waals surface area contributed by atoms with E-state index < -0.39 is 15.8 Å². The maximum absolute atomic E-state index is 13.1. The molecule has 21 heavy (non-hydrogen) atoms. The van der Waals surface area contributed by atoms with Gasteiger partial charge in [0.05, 0.1) is 6.20 Å². The molecular weight excluding hydrogens is 295 g/mol. The Kier molecular flexibility index (Phi) is 5.05. The molecule has 0 aliphatic heterocycles. The second-order valence-corrected chi connectivity index (χ2v) is 6.16. The molecule has 0 amide bonds. The van der Waals surface area contributed by atoms with E-state index in [1.54, 1.807) is 6.07 Å². The highest BCUT2D eigenvalue weighted by molar-refractivity contribution is 7.89. The summed E-state index contributed by atoms with van der Waals surface area (Å²) in [5, 5.41) is 9.32. The van der Waals surface area contributed by atoms with Gasteiger partial charge in [-0.1, -0.05) is 19.1 Å². The van der Waals surface area contributed by atoms with Gasteiger partial charge in [0, 0.05) is 18.7 Å². The zero-order chi connectivity index (χ0) is 15.3. The van der Waals surface area contributed by atoms with Gasteiger partial charge in [0.25, 0.3) is 10.0 Å². The predicted molar refractivity (Wildman–Crippen MR) is 76.4 cm³/mol. The summed E-state index contributed by atoms with van der Waals surface area (Å²) >= 11 is 0. The van der Waals surface area contributed by atoms with E-state index in [1.165, 1.54) is 24.4 Å². The van der Waals surface area contributed by atoms with Gasteiger partial charge >= 0.3 is 0 Å². The fourth-order valence-corrected chi connectivity index (χ4v) is 2.96. The molecule has 0 atom stereocenters. The highest BCUT2D eigenvalue weighted by atomic mass is 32.2. The van der Waals surface area contributed by atoms with Crippen LogP contribution in [0.25, 0.3) is 0 Å².